The first-order valence-corrected chi connectivity index (χ1v) is 8.72. The third-order valence-electron chi connectivity index (χ3n) is 3.73. The van der Waals surface area contributed by atoms with Gasteiger partial charge in [0.1, 0.15) is 17.2 Å². The lowest BCUT2D eigenvalue weighted by Gasteiger charge is -2.05. The molecule has 5 nitrogen and oxygen atoms in total. The van der Waals surface area contributed by atoms with E-state index in [-0.39, 0.29) is 11.7 Å². The molecule has 26 heavy (non-hydrogen) atoms. The highest BCUT2D eigenvalue weighted by molar-refractivity contribution is 7.13. The van der Waals surface area contributed by atoms with E-state index >= 15 is 0 Å². The lowest BCUT2D eigenvalue weighted by atomic mass is 10.2. The monoisotopic (exact) mass is 367 g/mol. The van der Waals surface area contributed by atoms with E-state index in [0.717, 1.165) is 10.5 Å². The average molecular weight is 367 g/mol. The Morgan fingerprint density at radius 1 is 1.23 bits per heavy atom. The molecule has 0 aliphatic heterocycles. The summed E-state index contributed by atoms with van der Waals surface area (Å²) in [7, 11) is 0. The van der Waals surface area contributed by atoms with Crippen molar-refractivity contribution in [2.24, 2.45) is 0 Å². The standard InChI is InChI=1S/C19H14FN3O2S/c20-14-2-1-3-15(10-14)25-18-7-5-16(26-18)11-22-19(24)13-4-6-17-21-8-9-23(17)12-13/h1-10,12H,11H2,(H,22,24). The number of aromatic nitrogens is 2. The third-order valence-corrected chi connectivity index (χ3v) is 4.69. The van der Waals surface area contributed by atoms with Crippen LogP contribution in [-0.2, 0) is 6.54 Å². The van der Waals surface area contributed by atoms with Crippen LogP contribution in [-0.4, -0.2) is 15.3 Å². The van der Waals surface area contributed by atoms with Gasteiger partial charge in [0, 0.05) is 29.5 Å². The number of pyridine rings is 1. The predicted octanol–water partition coefficient (Wildman–Crippen LogP) is 4.26. The molecule has 4 rings (SSSR count). The molecule has 0 saturated heterocycles. The number of carbonyl (C=O) groups is 1. The van der Waals surface area contributed by atoms with Crippen LogP contribution in [0, 0.1) is 5.82 Å². The van der Waals surface area contributed by atoms with Crippen molar-refractivity contribution in [2.75, 3.05) is 0 Å². The van der Waals surface area contributed by atoms with E-state index in [2.05, 4.69) is 10.3 Å². The number of nitrogens with one attached hydrogen (secondary N) is 1. The maximum absolute atomic E-state index is 13.2. The van der Waals surface area contributed by atoms with E-state index < -0.39 is 0 Å². The number of hydrogen-bond acceptors (Lipinski definition) is 4. The minimum Gasteiger partial charge on any atom is -0.447 e. The van der Waals surface area contributed by atoms with Crippen molar-refractivity contribution in [3.63, 3.8) is 0 Å². The van der Waals surface area contributed by atoms with Gasteiger partial charge in [0.25, 0.3) is 5.91 Å². The number of nitrogens with zero attached hydrogens (tertiary/aromatic N) is 2. The molecule has 0 fully saturated rings. The van der Waals surface area contributed by atoms with E-state index in [4.69, 9.17) is 4.74 Å². The van der Waals surface area contributed by atoms with Crippen molar-refractivity contribution in [3.05, 3.63) is 83.4 Å². The second kappa shape index (κ2) is 6.97. The number of fused-ring (bicyclic) bond motifs is 1. The summed E-state index contributed by atoms with van der Waals surface area (Å²) in [5, 5.41) is 3.52. The third kappa shape index (κ3) is 3.57. The van der Waals surface area contributed by atoms with Gasteiger partial charge in [-0.25, -0.2) is 9.37 Å². The number of hydrogen-bond donors (Lipinski definition) is 1. The van der Waals surface area contributed by atoms with Crippen molar-refractivity contribution in [1.29, 1.82) is 0 Å². The molecule has 0 unspecified atom stereocenters. The van der Waals surface area contributed by atoms with Crippen LogP contribution in [0.2, 0.25) is 0 Å². The maximum atomic E-state index is 13.2. The molecule has 0 radical (unpaired) electrons. The summed E-state index contributed by atoms with van der Waals surface area (Å²) in [5.41, 5.74) is 1.35. The van der Waals surface area contributed by atoms with E-state index in [1.807, 2.05) is 6.07 Å². The Bertz CT molecular complexity index is 1070. The molecule has 4 aromatic rings. The number of imidazole rings is 1. The van der Waals surface area contributed by atoms with Gasteiger partial charge in [-0.15, -0.1) is 11.3 Å². The predicted molar refractivity (Wildman–Crippen MR) is 97.2 cm³/mol. The van der Waals surface area contributed by atoms with Crippen LogP contribution in [0.1, 0.15) is 15.2 Å². The first kappa shape index (κ1) is 16.3. The highest BCUT2D eigenvalue weighted by atomic mass is 32.1. The molecule has 0 aliphatic carbocycles. The lowest BCUT2D eigenvalue weighted by Crippen LogP contribution is -2.22. The highest BCUT2D eigenvalue weighted by Gasteiger charge is 2.09. The minimum absolute atomic E-state index is 0.165. The van der Waals surface area contributed by atoms with Crippen molar-refractivity contribution >= 4 is 22.9 Å². The molecule has 0 saturated carbocycles. The van der Waals surface area contributed by atoms with Crippen LogP contribution in [0.4, 0.5) is 4.39 Å². The zero-order valence-electron chi connectivity index (χ0n) is 13.6. The quantitative estimate of drug-likeness (QED) is 0.573. The number of rotatable bonds is 5. The summed E-state index contributed by atoms with van der Waals surface area (Å²) < 4.78 is 20.6. The fraction of sp³-hybridized carbons (Fsp3) is 0.0526. The van der Waals surface area contributed by atoms with Crippen LogP contribution >= 0.6 is 11.3 Å². The lowest BCUT2D eigenvalue weighted by molar-refractivity contribution is 0.0951. The first-order valence-electron chi connectivity index (χ1n) is 7.90. The number of amides is 1. The Balaban J connectivity index is 1.38. The molecular formula is C19H14FN3O2S. The topological polar surface area (TPSA) is 55.6 Å². The minimum atomic E-state index is -0.346. The zero-order chi connectivity index (χ0) is 17.9. The summed E-state index contributed by atoms with van der Waals surface area (Å²) in [4.78, 5) is 17.4. The van der Waals surface area contributed by atoms with Crippen LogP contribution in [0.3, 0.4) is 0 Å². The van der Waals surface area contributed by atoms with E-state index in [9.17, 15) is 9.18 Å². The molecule has 3 heterocycles. The van der Waals surface area contributed by atoms with E-state index in [1.54, 1.807) is 53.3 Å². The largest absolute Gasteiger partial charge is 0.447 e. The fourth-order valence-corrected chi connectivity index (χ4v) is 3.29. The summed E-state index contributed by atoms with van der Waals surface area (Å²) in [6, 6.07) is 13.2. The molecule has 1 amide bonds. The maximum Gasteiger partial charge on any atom is 0.253 e. The van der Waals surface area contributed by atoms with Crippen LogP contribution < -0.4 is 10.1 Å². The summed E-state index contributed by atoms with van der Waals surface area (Å²) >= 11 is 1.40. The van der Waals surface area contributed by atoms with Crippen molar-refractivity contribution in [2.45, 2.75) is 6.54 Å². The molecule has 130 valence electrons. The van der Waals surface area contributed by atoms with Crippen LogP contribution in [0.5, 0.6) is 10.8 Å². The Kier molecular flexibility index (Phi) is 4.37. The van der Waals surface area contributed by atoms with Gasteiger partial charge >= 0.3 is 0 Å². The van der Waals surface area contributed by atoms with E-state index in [1.165, 1.54) is 23.5 Å². The van der Waals surface area contributed by atoms with Gasteiger partial charge in [-0.05, 0) is 36.4 Å². The summed E-state index contributed by atoms with van der Waals surface area (Å²) in [6.45, 7) is 0.387. The fourth-order valence-electron chi connectivity index (χ4n) is 2.48. The highest BCUT2D eigenvalue weighted by Crippen LogP contribution is 2.29. The number of benzene rings is 1. The normalized spacial score (nSPS) is 10.8. The molecule has 0 atom stereocenters. The second-order valence-electron chi connectivity index (χ2n) is 5.57. The summed E-state index contributed by atoms with van der Waals surface area (Å²) in [5.74, 6) is -0.0703. The Morgan fingerprint density at radius 3 is 3.04 bits per heavy atom. The SMILES string of the molecule is O=C(NCc1ccc(Oc2cccc(F)c2)s1)c1ccc2nccn2c1. The van der Waals surface area contributed by atoms with Gasteiger partial charge in [-0.1, -0.05) is 6.07 Å². The Morgan fingerprint density at radius 2 is 2.15 bits per heavy atom. The Hall–Kier alpha value is -3.19. The summed E-state index contributed by atoms with van der Waals surface area (Å²) in [6.07, 6.45) is 5.22. The molecule has 7 heteroatoms. The van der Waals surface area contributed by atoms with Gasteiger partial charge in [-0.3, -0.25) is 4.79 Å². The molecule has 1 aromatic carbocycles. The van der Waals surface area contributed by atoms with Crippen molar-refractivity contribution in [3.8, 4) is 10.8 Å². The smallest absolute Gasteiger partial charge is 0.253 e. The number of halogens is 1. The van der Waals surface area contributed by atoms with Gasteiger partial charge in [0.2, 0.25) is 0 Å². The molecule has 3 aromatic heterocycles. The van der Waals surface area contributed by atoms with Crippen molar-refractivity contribution in [1.82, 2.24) is 14.7 Å². The molecular weight excluding hydrogens is 353 g/mol. The molecule has 1 N–H and O–H groups in total. The number of thiophene rings is 1. The average Bonchev–Trinajstić information content (AvgIpc) is 3.28. The van der Waals surface area contributed by atoms with Gasteiger partial charge in [0.15, 0.2) is 5.06 Å². The Labute approximate surface area is 152 Å². The first-order chi connectivity index (χ1) is 12.7. The number of carbonyl (C=O) groups excluding carboxylic acids is 1. The molecule has 0 bridgehead atoms. The number of ether oxygens (including phenoxy) is 1. The van der Waals surface area contributed by atoms with Gasteiger partial charge in [-0.2, -0.15) is 0 Å². The molecule has 0 spiro atoms. The van der Waals surface area contributed by atoms with E-state index in [0.29, 0.717) is 22.9 Å². The van der Waals surface area contributed by atoms with Crippen LogP contribution in [0.25, 0.3) is 5.65 Å². The second-order valence-corrected chi connectivity index (χ2v) is 6.70. The van der Waals surface area contributed by atoms with Crippen molar-refractivity contribution < 1.29 is 13.9 Å². The van der Waals surface area contributed by atoms with Crippen LogP contribution in [0.15, 0.2) is 67.1 Å². The zero-order valence-corrected chi connectivity index (χ0v) is 14.4. The van der Waals surface area contributed by atoms with Gasteiger partial charge in [0.05, 0.1) is 12.1 Å². The molecule has 0 aliphatic rings. The van der Waals surface area contributed by atoms with Gasteiger partial charge < -0.3 is 14.5 Å².